The molecule has 0 N–H and O–H groups in total. The molecule has 0 saturated heterocycles. The molecular weight excluding hydrogens is 373 g/mol. The third-order valence-corrected chi connectivity index (χ3v) is 4.42. The molecular formula is C21H37F3O4. The van der Waals surface area contributed by atoms with Crippen molar-refractivity contribution in [3.63, 3.8) is 0 Å². The quantitative estimate of drug-likeness (QED) is 0.191. The predicted octanol–water partition coefficient (Wildman–Crippen LogP) is 6.51. The molecule has 0 bridgehead atoms. The summed E-state index contributed by atoms with van der Waals surface area (Å²) in [7, 11) is 0. The second-order valence-corrected chi connectivity index (χ2v) is 7.24. The minimum Gasteiger partial charge on any atom is -0.466 e. The van der Waals surface area contributed by atoms with E-state index in [1.165, 1.54) is 57.8 Å². The lowest BCUT2D eigenvalue weighted by Gasteiger charge is -2.08. The first-order chi connectivity index (χ1) is 13.3. The van der Waals surface area contributed by atoms with Gasteiger partial charge in [-0.15, -0.1) is 0 Å². The maximum atomic E-state index is 11.9. The zero-order valence-electron chi connectivity index (χ0n) is 17.3. The summed E-state index contributed by atoms with van der Waals surface area (Å²) < 4.78 is 44.7. The highest BCUT2D eigenvalue weighted by atomic mass is 19.4. The number of carbonyl (C=O) groups is 2. The summed E-state index contributed by atoms with van der Waals surface area (Å²) in [5, 5.41) is 0. The van der Waals surface area contributed by atoms with Gasteiger partial charge in [-0.25, -0.2) is 0 Å². The zero-order valence-corrected chi connectivity index (χ0v) is 17.3. The molecule has 0 unspecified atom stereocenters. The van der Waals surface area contributed by atoms with Crippen molar-refractivity contribution in [2.45, 2.75) is 109 Å². The molecule has 0 amide bonds. The van der Waals surface area contributed by atoms with Crippen molar-refractivity contribution in [1.29, 1.82) is 0 Å². The third-order valence-electron chi connectivity index (χ3n) is 4.42. The van der Waals surface area contributed by atoms with Gasteiger partial charge >= 0.3 is 18.1 Å². The number of ether oxygens (including phenoxy) is 2. The first-order valence-corrected chi connectivity index (χ1v) is 10.7. The SMILES string of the molecule is CCCCCCCCCCCCCCOC(=O)CCCC(=O)OCC(F)(F)F. The molecule has 0 atom stereocenters. The molecule has 28 heavy (non-hydrogen) atoms. The lowest BCUT2D eigenvalue weighted by atomic mass is 10.1. The van der Waals surface area contributed by atoms with E-state index in [4.69, 9.17) is 4.74 Å². The lowest BCUT2D eigenvalue weighted by Crippen LogP contribution is -2.20. The van der Waals surface area contributed by atoms with Crippen LogP contribution in [0.15, 0.2) is 0 Å². The van der Waals surface area contributed by atoms with Crippen LogP contribution in [-0.2, 0) is 19.1 Å². The number of alkyl halides is 3. The Balaban J connectivity index is 3.32. The van der Waals surface area contributed by atoms with Crippen molar-refractivity contribution < 1.29 is 32.2 Å². The molecule has 0 aliphatic carbocycles. The Hall–Kier alpha value is -1.27. The van der Waals surface area contributed by atoms with Crippen LogP contribution in [0, 0.1) is 0 Å². The second-order valence-electron chi connectivity index (χ2n) is 7.24. The van der Waals surface area contributed by atoms with Crippen molar-refractivity contribution in [3.8, 4) is 0 Å². The van der Waals surface area contributed by atoms with E-state index in [-0.39, 0.29) is 19.3 Å². The van der Waals surface area contributed by atoms with Gasteiger partial charge in [0.05, 0.1) is 6.61 Å². The average molecular weight is 411 g/mol. The molecule has 0 saturated carbocycles. The molecule has 0 heterocycles. The Morgan fingerprint density at radius 1 is 0.643 bits per heavy atom. The normalized spacial score (nSPS) is 11.4. The number of hydrogen-bond donors (Lipinski definition) is 0. The third kappa shape index (κ3) is 21.0. The fourth-order valence-electron chi connectivity index (χ4n) is 2.81. The summed E-state index contributed by atoms with van der Waals surface area (Å²) in [4.78, 5) is 22.6. The van der Waals surface area contributed by atoms with E-state index in [1.807, 2.05) is 0 Å². The molecule has 0 aliphatic heterocycles. The number of carbonyl (C=O) groups excluding carboxylic acids is 2. The smallest absolute Gasteiger partial charge is 0.422 e. The molecule has 4 nitrogen and oxygen atoms in total. The van der Waals surface area contributed by atoms with Gasteiger partial charge in [0.25, 0.3) is 0 Å². The van der Waals surface area contributed by atoms with Crippen LogP contribution in [0.3, 0.4) is 0 Å². The highest BCUT2D eigenvalue weighted by molar-refractivity contribution is 5.72. The summed E-state index contributed by atoms with van der Waals surface area (Å²) in [5.74, 6) is -1.38. The molecule has 0 aromatic rings. The largest absolute Gasteiger partial charge is 0.466 e. The minimum absolute atomic E-state index is 0.0133. The summed E-state index contributed by atoms with van der Waals surface area (Å²) in [6.07, 6.45) is 10.2. The van der Waals surface area contributed by atoms with E-state index < -0.39 is 24.7 Å². The number of esters is 2. The number of hydrogen-bond acceptors (Lipinski definition) is 4. The van der Waals surface area contributed by atoms with Gasteiger partial charge in [0, 0.05) is 12.8 Å². The average Bonchev–Trinajstić information content (AvgIpc) is 2.63. The number of halogens is 3. The zero-order chi connectivity index (χ0) is 21.1. The fraction of sp³-hybridized carbons (Fsp3) is 0.905. The first-order valence-electron chi connectivity index (χ1n) is 10.7. The Morgan fingerprint density at radius 3 is 1.54 bits per heavy atom. The van der Waals surface area contributed by atoms with Crippen molar-refractivity contribution in [2.24, 2.45) is 0 Å². The number of unbranched alkanes of at least 4 members (excludes halogenated alkanes) is 11. The minimum atomic E-state index is -4.52. The topological polar surface area (TPSA) is 52.6 Å². The molecule has 0 aromatic carbocycles. The van der Waals surface area contributed by atoms with Crippen LogP contribution in [0.5, 0.6) is 0 Å². The Kier molecular flexibility index (Phi) is 17.0. The van der Waals surface area contributed by atoms with E-state index in [1.54, 1.807) is 0 Å². The lowest BCUT2D eigenvalue weighted by molar-refractivity contribution is -0.186. The summed E-state index contributed by atoms with van der Waals surface area (Å²) in [5.41, 5.74) is 0. The van der Waals surface area contributed by atoms with Gasteiger partial charge in [-0.3, -0.25) is 9.59 Å². The van der Waals surface area contributed by atoms with Gasteiger partial charge in [-0.2, -0.15) is 13.2 Å². The molecule has 166 valence electrons. The maximum Gasteiger partial charge on any atom is 0.422 e. The predicted molar refractivity (Wildman–Crippen MR) is 103 cm³/mol. The van der Waals surface area contributed by atoms with Crippen LogP contribution in [0.1, 0.15) is 103 Å². The van der Waals surface area contributed by atoms with Crippen LogP contribution in [0.25, 0.3) is 0 Å². The van der Waals surface area contributed by atoms with Gasteiger partial charge in [0.15, 0.2) is 6.61 Å². The highest BCUT2D eigenvalue weighted by Gasteiger charge is 2.29. The van der Waals surface area contributed by atoms with Crippen LogP contribution in [-0.4, -0.2) is 31.3 Å². The molecule has 0 radical (unpaired) electrons. The van der Waals surface area contributed by atoms with Crippen LogP contribution < -0.4 is 0 Å². The van der Waals surface area contributed by atoms with Gasteiger partial charge in [-0.1, -0.05) is 77.6 Å². The summed E-state index contributed by atoms with van der Waals surface area (Å²) in [6.45, 7) is 0.995. The van der Waals surface area contributed by atoms with Gasteiger partial charge in [0.2, 0.25) is 0 Å². The van der Waals surface area contributed by atoms with Crippen LogP contribution >= 0.6 is 0 Å². The van der Waals surface area contributed by atoms with Crippen LogP contribution in [0.2, 0.25) is 0 Å². The van der Waals surface area contributed by atoms with Crippen molar-refractivity contribution in [1.82, 2.24) is 0 Å². The van der Waals surface area contributed by atoms with Crippen molar-refractivity contribution >= 4 is 11.9 Å². The van der Waals surface area contributed by atoms with E-state index in [2.05, 4.69) is 11.7 Å². The maximum absolute atomic E-state index is 11.9. The summed E-state index contributed by atoms with van der Waals surface area (Å²) >= 11 is 0. The van der Waals surface area contributed by atoms with Crippen molar-refractivity contribution in [2.75, 3.05) is 13.2 Å². The van der Waals surface area contributed by atoms with E-state index in [0.29, 0.717) is 6.61 Å². The highest BCUT2D eigenvalue weighted by Crippen LogP contribution is 2.15. The van der Waals surface area contributed by atoms with E-state index in [0.717, 1.165) is 19.3 Å². The first kappa shape index (κ1) is 26.7. The number of rotatable bonds is 18. The molecule has 0 rings (SSSR count). The molecule has 0 aromatic heterocycles. The standard InChI is InChI=1S/C21H37F3O4/c1-2-3-4-5-6-7-8-9-10-11-12-13-17-27-19(25)15-14-16-20(26)28-18-21(22,23)24/h2-18H2,1H3. The Morgan fingerprint density at radius 2 is 1.07 bits per heavy atom. The molecule has 0 spiro atoms. The van der Waals surface area contributed by atoms with Crippen LogP contribution in [0.4, 0.5) is 13.2 Å². The summed E-state index contributed by atoms with van der Waals surface area (Å²) in [6, 6.07) is 0. The van der Waals surface area contributed by atoms with E-state index in [9.17, 15) is 22.8 Å². The second kappa shape index (κ2) is 17.8. The van der Waals surface area contributed by atoms with E-state index >= 15 is 0 Å². The Labute approximate surface area is 167 Å². The monoisotopic (exact) mass is 410 g/mol. The van der Waals surface area contributed by atoms with Crippen molar-refractivity contribution in [3.05, 3.63) is 0 Å². The molecule has 0 aliphatic rings. The fourth-order valence-corrected chi connectivity index (χ4v) is 2.81. The van der Waals surface area contributed by atoms with Gasteiger partial charge < -0.3 is 9.47 Å². The Bertz CT molecular complexity index is 398. The van der Waals surface area contributed by atoms with Gasteiger partial charge in [0.1, 0.15) is 0 Å². The molecule has 0 fully saturated rings. The van der Waals surface area contributed by atoms with Gasteiger partial charge in [-0.05, 0) is 12.8 Å². The molecule has 7 heteroatoms.